The van der Waals surface area contributed by atoms with Crippen molar-refractivity contribution in [2.75, 3.05) is 5.32 Å². The van der Waals surface area contributed by atoms with Crippen molar-refractivity contribution in [1.29, 1.82) is 0 Å². The molecule has 2 aromatic heterocycles. The minimum Gasteiger partial charge on any atom is -0.478 e. The van der Waals surface area contributed by atoms with E-state index in [9.17, 15) is 15.0 Å². The maximum atomic E-state index is 11.5. The number of aliphatic hydroxyl groups is 1. The molecule has 118 valence electrons. The van der Waals surface area contributed by atoms with E-state index in [1.165, 1.54) is 6.20 Å². The number of anilines is 1. The van der Waals surface area contributed by atoms with Gasteiger partial charge in [-0.05, 0) is 32.6 Å². The van der Waals surface area contributed by atoms with Crippen LogP contribution >= 0.6 is 0 Å². The van der Waals surface area contributed by atoms with E-state index < -0.39 is 5.97 Å². The molecule has 0 spiro atoms. The summed E-state index contributed by atoms with van der Waals surface area (Å²) in [6.07, 6.45) is 5.94. The van der Waals surface area contributed by atoms with E-state index in [1.54, 1.807) is 10.9 Å². The number of nitrogens with one attached hydrogen (secondary N) is 1. The molecule has 0 aliphatic heterocycles. The number of rotatable bonds is 4. The van der Waals surface area contributed by atoms with Gasteiger partial charge in [-0.25, -0.2) is 14.5 Å². The molecule has 7 nitrogen and oxygen atoms in total. The fourth-order valence-electron chi connectivity index (χ4n) is 3.00. The summed E-state index contributed by atoms with van der Waals surface area (Å²) >= 11 is 0. The van der Waals surface area contributed by atoms with Gasteiger partial charge in [-0.1, -0.05) is 0 Å². The van der Waals surface area contributed by atoms with Crippen molar-refractivity contribution in [2.45, 2.75) is 51.3 Å². The molecule has 0 amide bonds. The van der Waals surface area contributed by atoms with Gasteiger partial charge in [0.25, 0.3) is 0 Å². The van der Waals surface area contributed by atoms with Gasteiger partial charge in [-0.2, -0.15) is 5.10 Å². The number of aliphatic hydroxyl groups excluding tert-OH is 1. The van der Waals surface area contributed by atoms with Crippen LogP contribution in [-0.2, 0) is 6.54 Å². The van der Waals surface area contributed by atoms with Crippen LogP contribution < -0.4 is 5.32 Å². The number of carboxylic acids is 1. The van der Waals surface area contributed by atoms with Crippen molar-refractivity contribution >= 4 is 22.7 Å². The Balaban J connectivity index is 1.99. The summed E-state index contributed by atoms with van der Waals surface area (Å²) in [5.41, 5.74) is 1.43. The van der Waals surface area contributed by atoms with Crippen LogP contribution in [0.4, 0.5) is 5.69 Å². The maximum absolute atomic E-state index is 11.5. The standard InChI is InChI=1S/C15H20N4O3/c1-2-19-14-11(8-17-19)13(12(7-16-14)15(21)22)18-9-3-5-10(20)6-4-9/h7-10,20H,2-6H2,1H3,(H,16,18)(H,21,22). The number of nitrogens with zero attached hydrogens (tertiary/aromatic N) is 3. The maximum Gasteiger partial charge on any atom is 0.339 e. The average Bonchev–Trinajstić information content (AvgIpc) is 2.93. The first-order valence-electron chi connectivity index (χ1n) is 7.62. The van der Waals surface area contributed by atoms with Crippen molar-refractivity contribution in [2.24, 2.45) is 0 Å². The third-order valence-corrected chi connectivity index (χ3v) is 4.24. The molecule has 0 radical (unpaired) electrons. The summed E-state index contributed by atoms with van der Waals surface area (Å²) in [4.78, 5) is 15.7. The number of fused-ring (bicyclic) bond motifs is 1. The second-order valence-electron chi connectivity index (χ2n) is 5.70. The van der Waals surface area contributed by atoms with Crippen LogP contribution in [0, 0.1) is 0 Å². The molecule has 2 heterocycles. The third kappa shape index (κ3) is 2.64. The van der Waals surface area contributed by atoms with E-state index in [0.717, 1.165) is 31.1 Å². The minimum atomic E-state index is -1.00. The van der Waals surface area contributed by atoms with Gasteiger partial charge in [0.2, 0.25) is 0 Å². The van der Waals surface area contributed by atoms with Gasteiger partial charge in [0.15, 0.2) is 5.65 Å². The first kappa shape index (κ1) is 14.8. The lowest BCUT2D eigenvalue weighted by molar-refractivity contribution is 0.0697. The zero-order valence-electron chi connectivity index (χ0n) is 12.5. The fourth-order valence-corrected chi connectivity index (χ4v) is 3.00. The van der Waals surface area contributed by atoms with E-state index in [1.807, 2.05) is 6.92 Å². The van der Waals surface area contributed by atoms with Gasteiger partial charge >= 0.3 is 5.97 Å². The predicted octanol–water partition coefficient (Wildman–Crippen LogP) is 1.86. The number of hydrogen-bond donors (Lipinski definition) is 3. The summed E-state index contributed by atoms with van der Waals surface area (Å²) in [5.74, 6) is -1.00. The van der Waals surface area contributed by atoms with Crippen molar-refractivity contribution in [1.82, 2.24) is 14.8 Å². The molecule has 0 atom stereocenters. The Bertz CT molecular complexity index is 689. The van der Waals surface area contributed by atoms with E-state index in [-0.39, 0.29) is 17.7 Å². The molecule has 3 rings (SSSR count). The molecule has 0 unspecified atom stereocenters. The Morgan fingerprint density at radius 2 is 2.09 bits per heavy atom. The highest BCUT2D eigenvalue weighted by Crippen LogP contribution is 2.29. The number of carbonyl (C=O) groups is 1. The highest BCUT2D eigenvalue weighted by molar-refractivity contribution is 6.03. The van der Waals surface area contributed by atoms with Gasteiger partial charge in [0.1, 0.15) is 5.56 Å². The number of carboxylic acid groups (broad SMARTS) is 1. The number of aryl methyl sites for hydroxylation is 1. The number of aromatic carboxylic acids is 1. The topological polar surface area (TPSA) is 100 Å². The van der Waals surface area contributed by atoms with Crippen LogP contribution in [0.5, 0.6) is 0 Å². The molecule has 0 bridgehead atoms. The number of pyridine rings is 1. The van der Waals surface area contributed by atoms with E-state index in [0.29, 0.717) is 17.9 Å². The Hall–Kier alpha value is -2.15. The smallest absolute Gasteiger partial charge is 0.339 e. The van der Waals surface area contributed by atoms with Gasteiger partial charge in [0.05, 0.1) is 23.4 Å². The van der Waals surface area contributed by atoms with Crippen molar-refractivity contribution in [3.8, 4) is 0 Å². The SMILES string of the molecule is CCn1ncc2c(NC3CCC(O)CC3)c(C(=O)O)cnc21. The highest BCUT2D eigenvalue weighted by atomic mass is 16.4. The lowest BCUT2D eigenvalue weighted by Gasteiger charge is -2.27. The van der Waals surface area contributed by atoms with Gasteiger partial charge in [-0.3, -0.25) is 0 Å². The molecule has 1 fully saturated rings. The number of hydrogen-bond acceptors (Lipinski definition) is 5. The molecular formula is C15H20N4O3. The zero-order valence-corrected chi connectivity index (χ0v) is 12.5. The normalized spacial score (nSPS) is 21.9. The van der Waals surface area contributed by atoms with Crippen LogP contribution in [0.1, 0.15) is 43.0 Å². The molecule has 1 aliphatic carbocycles. The van der Waals surface area contributed by atoms with Crippen LogP contribution in [0.2, 0.25) is 0 Å². The van der Waals surface area contributed by atoms with Crippen LogP contribution in [0.25, 0.3) is 11.0 Å². The summed E-state index contributed by atoms with van der Waals surface area (Å²) in [6, 6.07) is 0.164. The molecule has 1 saturated carbocycles. The summed E-state index contributed by atoms with van der Waals surface area (Å²) in [5, 5.41) is 27.3. The average molecular weight is 304 g/mol. The van der Waals surface area contributed by atoms with Crippen LogP contribution in [0.3, 0.4) is 0 Å². The van der Waals surface area contributed by atoms with Crippen molar-refractivity contribution in [3.05, 3.63) is 18.0 Å². The molecule has 0 aromatic carbocycles. The van der Waals surface area contributed by atoms with Gasteiger partial charge in [-0.15, -0.1) is 0 Å². The summed E-state index contributed by atoms with van der Waals surface area (Å²) in [7, 11) is 0. The first-order chi connectivity index (χ1) is 10.6. The molecular weight excluding hydrogens is 284 g/mol. The Morgan fingerprint density at radius 1 is 1.36 bits per heavy atom. The number of aromatic nitrogens is 3. The third-order valence-electron chi connectivity index (χ3n) is 4.24. The van der Waals surface area contributed by atoms with Crippen molar-refractivity contribution < 1.29 is 15.0 Å². The predicted molar refractivity (Wildman–Crippen MR) is 82.0 cm³/mol. The minimum absolute atomic E-state index is 0.161. The lowest BCUT2D eigenvalue weighted by Crippen LogP contribution is -2.29. The fraction of sp³-hybridized carbons (Fsp3) is 0.533. The van der Waals surface area contributed by atoms with Gasteiger partial charge in [0, 0.05) is 18.8 Å². The van der Waals surface area contributed by atoms with E-state index >= 15 is 0 Å². The molecule has 3 N–H and O–H groups in total. The Morgan fingerprint density at radius 3 is 2.73 bits per heavy atom. The zero-order chi connectivity index (χ0) is 15.7. The van der Waals surface area contributed by atoms with E-state index in [2.05, 4.69) is 15.4 Å². The monoisotopic (exact) mass is 304 g/mol. The van der Waals surface area contributed by atoms with Crippen LogP contribution in [-0.4, -0.2) is 43.1 Å². The molecule has 2 aromatic rings. The summed E-state index contributed by atoms with van der Waals surface area (Å²) in [6.45, 7) is 2.65. The molecule has 22 heavy (non-hydrogen) atoms. The molecule has 1 aliphatic rings. The van der Waals surface area contributed by atoms with Gasteiger partial charge < -0.3 is 15.5 Å². The molecule has 0 saturated heterocycles. The summed E-state index contributed by atoms with van der Waals surface area (Å²) < 4.78 is 1.75. The second-order valence-corrected chi connectivity index (χ2v) is 5.70. The second kappa shape index (κ2) is 5.92. The first-order valence-corrected chi connectivity index (χ1v) is 7.62. The van der Waals surface area contributed by atoms with Crippen LogP contribution in [0.15, 0.2) is 12.4 Å². The van der Waals surface area contributed by atoms with E-state index in [4.69, 9.17) is 0 Å². The largest absolute Gasteiger partial charge is 0.478 e. The molecule has 7 heteroatoms. The Kier molecular flexibility index (Phi) is 3.98. The quantitative estimate of drug-likeness (QED) is 0.797. The Labute approximate surface area is 128 Å². The lowest BCUT2D eigenvalue weighted by atomic mass is 9.92. The van der Waals surface area contributed by atoms with Crippen molar-refractivity contribution in [3.63, 3.8) is 0 Å². The highest BCUT2D eigenvalue weighted by Gasteiger charge is 2.23.